The maximum Gasteiger partial charge on any atom is 0.225 e. The van der Waals surface area contributed by atoms with Gasteiger partial charge in [0, 0.05) is 37.4 Å². The van der Waals surface area contributed by atoms with Gasteiger partial charge in [0.25, 0.3) is 0 Å². The van der Waals surface area contributed by atoms with Crippen molar-refractivity contribution >= 4 is 33.8 Å². The van der Waals surface area contributed by atoms with E-state index in [-0.39, 0.29) is 5.28 Å². The van der Waals surface area contributed by atoms with Crippen LogP contribution in [0.4, 0.5) is 0 Å². The maximum absolute atomic E-state index is 6.04. The molecule has 4 aromatic rings. The minimum Gasteiger partial charge on any atom is -0.336 e. The Morgan fingerprint density at radius 1 is 1.05 bits per heavy atom. The Labute approximate surface area is 125 Å². The molecule has 0 radical (unpaired) electrons. The van der Waals surface area contributed by atoms with Crippen molar-refractivity contribution in [1.29, 1.82) is 0 Å². The molecule has 4 rings (SSSR count). The summed E-state index contributed by atoms with van der Waals surface area (Å²) >= 11 is 6.04. The van der Waals surface area contributed by atoms with Gasteiger partial charge in [-0.05, 0) is 23.7 Å². The fraction of sp³-hybridized carbons (Fsp3) is 0.143. The van der Waals surface area contributed by atoms with Gasteiger partial charge in [0.1, 0.15) is 16.9 Å². The van der Waals surface area contributed by atoms with Crippen LogP contribution in [-0.4, -0.2) is 29.1 Å². The van der Waals surface area contributed by atoms with Crippen molar-refractivity contribution in [2.75, 3.05) is 0 Å². The third-order valence-corrected chi connectivity index (χ3v) is 3.68. The third-order valence-electron chi connectivity index (χ3n) is 3.51. The summed E-state index contributed by atoms with van der Waals surface area (Å²) in [4.78, 5) is 17.4. The number of hydrogen-bond acceptors (Lipinski definition) is 4. The minimum absolute atomic E-state index is 0.203. The van der Waals surface area contributed by atoms with Gasteiger partial charge in [-0.3, -0.25) is 0 Å². The molecule has 0 aliphatic carbocycles. The number of rotatable bonds is 1. The normalized spacial score (nSPS) is 11.6. The molecule has 0 saturated heterocycles. The lowest BCUT2D eigenvalue weighted by atomic mass is 10.1. The number of aryl methyl sites for hydroxylation is 2. The second-order valence-corrected chi connectivity index (χ2v) is 5.27. The average Bonchev–Trinajstić information content (AvgIpc) is 3.02. The smallest absolute Gasteiger partial charge is 0.225 e. The second-order valence-electron chi connectivity index (χ2n) is 4.93. The summed E-state index contributed by atoms with van der Waals surface area (Å²) in [6, 6.07) is 4.05. The van der Waals surface area contributed by atoms with E-state index in [4.69, 9.17) is 11.6 Å². The van der Waals surface area contributed by atoms with Gasteiger partial charge >= 0.3 is 0 Å². The molecule has 7 heteroatoms. The first-order chi connectivity index (χ1) is 10.1. The highest BCUT2D eigenvalue weighted by Crippen LogP contribution is 2.27. The molecule has 0 aromatic carbocycles. The van der Waals surface area contributed by atoms with Gasteiger partial charge in [0.15, 0.2) is 5.65 Å². The molecular weight excluding hydrogens is 288 g/mol. The lowest BCUT2D eigenvalue weighted by Gasteiger charge is -2.04. The zero-order chi connectivity index (χ0) is 14.6. The summed E-state index contributed by atoms with van der Waals surface area (Å²) in [6.45, 7) is 0. The van der Waals surface area contributed by atoms with Crippen molar-refractivity contribution in [3.8, 4) is 11.3 Å². The highest BCUT2D eigenvalue weighted by molar-refractivity contribution is 6.28. The molecule has 6 nitrogen and oxygen atoms in total. The predicted molar refractivity (Wildman–Crippen MR) is 81.0 cm³/mol. The van der Waals surface area contributed by atoms with Crippen LogP contribution in [0.1, 0.15) is 0 Å². The van der Waals surface area contributed by atoms with Gasteiger partial charge in [-0.1, -0.05) is 0 Å². The van der Waals surface area contributed by atoms with E-state index in [0.29, 0.717) is 11.3 Å². The standard InChI is InChI=1S/C14H11ClN6/c1-20-4-3-8-5-9(6-16-12(8)20)10-11-13(19-14(15)18-10)21(2)7-17-11/h3-7H,1-2H3. The van der Waals surface area contributed by atoms with Crippen molar-refractivity contribution in [3.05, 3.63) is 36.1 Å². The van der Waals surface area contributed by atoms with Crippen LogP contribution in [0.5, 0.6) is 0 Å². The number of imidazole rings is 1. The predicted octanol–water partition coefficient (Wildman–Crippen LogP) is 2.57. The highest BCUT2D eigenvalue weighted by Gasteiger charge is 2.14. The first-order valence-corrected chi connectivity index (χ1v) is 6.77. The zero-order valence-corrected chi connectivity index (χ0v) is 12.2. The van der Waals surface area contributed by atoms with E-state index in [9.17, 15) is 0 Å². The van der Waals surface area contributed by atoms with Crippen molar-refractivity contribution < 1.29 is 0 Å². The van der Waals surface area contributed by atoms with Gasteiger partial charge in [0.2, 0.25) is 5.28 Å². The van der Waals surface area contributed by atoms with Crippen molar-refractivity contribution in [2.24, 2.45) is 14.1 Å². The number of fused-ring (bicyclic) bond motifs is 2. The van der Waals surface area contributed by atoms with E-state index in [0.717, 1.165) is 22.1 Å². The molecule has 0 aliphatic rings. The summed E-state index contributed by atoms with van der Waals surface area (Å²) in [5, 5.41) is 1.25. The molecular formula is C14H11ClN6. The minimum atomic E-state index is 0.203. The van der Waals surface area contributed by atoms with E-state index >= 15 is 0 Å². The van der Waals surface area contributed by atoms with E-state index < -0.39 is 0 Å². The Balaban J connectivity index is 2.03. The fourth-order valence-electron chi connectivity index (χ4n) is 2.47. The fourth-order valence-corrected chi connectivity index (χ4v) is 2.63. The van der Waals surface area contributed by atoms with Crippen molar-refractivity contribution in [1.82, 2.24) is 29.1 Å². The molecule has 0 aliphatic heterocycles. The Bertz CT molecular complexity index is 984. The van der Waals surface area contributed by atoms with Crippen LogP contribution in [0.3, 0.4) is 0 Å². The summed E-state index contributed by atoms with van der Waals surface area (Å²) in [6.07, 6.45) is 5.47. The van der Waals surface area contributed by atoms with Crippen molar-refractivity contribution in [2.45, 2.75) is 0 Å². The van der Waals surface area contributed by atoms with Gasteiger partial charge in [-0.15, -0.1) is 0 Å². The molecule has 0 bridgehead atoms. The molecule has 0 atom stereocenters. The van der Waals surface area contributed by atoms with Crippen LogP contribution in [0.25, 0.3) is 33.5 Å². The van der Waals surface area contributed by atoms with Crippen LogP contribution >= 0.6 is 11.6 Å². The number of aromatic nitrogens is 6. The Hall–Kier alpha value is -2.47. The Kier molecular flexibility index (Phi) is 2.49. The van der Waals surface area contributed by atoms with E-state index in [1.807, 2.05) is 41.6 Å². The van der Waals surface area contributed by atoms with Crippen LogP contribution in [0, 0.1) is 0 Å². The zero-order valence-electron chi connectivity index (χ0n) is 11.4. The third kappa shape index (κ3) is 1.80. The summed E-state index contributed by atoms with van der Waals surface area (Å²) < 4.78 is 3.79. The lowest BCUT2D eigenvalue weighted by molar-refractivity contribution is 0.928. The first-order valence-electron chi connectivity index (χ1n) is 6.39. The van der Waals surface area contributed by atoms with Crippen LogP contribution in [0.15, 0.2) is 30.9 Å². The number of hydrogen-bond donors (Lipinski definition) is 0. The van der Waals surface area contributed by atoms with Gasteiger partial charge < -0.3 is 9.13 Å². The van der Waals surface area contributed by atoms with Gasteiger partial charge in [-0.25, -0.2) is 15.0 Å². The molecule has 4 aromatic heterocycles. The highest BCUT2D eigenvalue weighted by atomic mass is 35.5. The maximum atomic E-state index is 6.04. The second kappa shape index (κ2) is 4.26. The van der Waals surface area contributed by atoms with E-state index in [1.165, 1.54) is 0 Å². The Morgan fingerprint density at radius 3 is 2.76 bits per heavy atom. The molecule has 0 N–H and O–H groups in total. The summed E-state index contributed by atoms with van der Waals surface area (Å²) in [7, 11) is 3.84. The molecule has 0 spiro atoms. The van der Waals surface area contributed by atoms with Gasteiger partial charge in [0.05, 0.1) is 6.33 Å². The number of nitrogens with zero attached hydrogens (tertiary/aromatic N) is 6. The SMILES string of the molecule is Cn1ccc2cc(-c3nc(Cl)nc4c3ncn4C)cnc21. The molecule has 104 valence electrons. The van der Waals surface area contributed by atoms with Crippen molar-refractivity contribution in [3.63, 3.8) is 0 Å². The topological polar surface area (TPSA) is 61.4 Å². The first kappa shape index (κ1) is 12.3. The Morgan fingerprint density at radius 2 is 1.90 bits per heavy atom. The number of halogens is 1. The van der Waals surface area contributed by atoms with Crippen LogP contribution in [-0.2, 0) is 14.1 Å². The molecule has 21 heavy (non-hydrogen) atoms. The van der Waals surface area contributed by atoms with Crippen LogP contribution < -0.4 is 0 Å². The average molecular weight is 299 g/mol. The van der Waals surface area contributed by atoms with E-state index in [2.05, 4.69) is 19.9 Å². The molecule has 0 saturated carbocycles. The molecule has 4 heterocycles. The summed E-state index contributed by atoms with van der Waals surface area (Å²) in [5.41, 5.74) is 3.93. The molecule has 0 fully saturated rings. The van der Waals surface area contributed by atoms with Gasteiger partial charge in [-0.2, -0.15) is 4.98 Å². The lowest BCUT2D eigenvalue weighted by Crippen LogP contribution is -1.95. The summed E-state index contributed by atoms with van der Waals surface area (Å²) in [5.74, 6) is 0. The van der Waals surface area contributed by atoms with Crippen LogP contribution in [0.2, 0.25) is 5.28 Å². The largest absolute Gasteiger partial charge is 0.336 e. The quantitative estimate of drug-likeness (QED) is 0.507. The van der Waals surface area contributed by atoms with E-state index in [1.54, 1.807) is 12.5 Å². The number of pyridine rings is 1. The monoisotopic (exact) mass is 298 g/mol. The molecule has 0 unspecified atom stereocenters. The molecule has 0 amide bonds.